The first-order chi connectivity index (χ1) is 16.7. The number of hydrogen-bond donors (Lipinski definition) is 0. The minimum atomic E-state index is -0.697. The molecule has 7 nitrogen and oxygen atoms in total. The summed E-state index contributed by atoms with van der Waals surface area (Å²) in [6.07, 6.45) is 4.06. The van der Waals surface area contributed by atoms with Crippen LogP contribution in [0.15, 0.2) is 71.0 Å². The third-order valence-electron chi connectivity index (χ3n) is 5.04. The Morgan fingerprint density at radius 1 is 0.886 bits per heavy atom. The summed E-state index contributed by atoms with van der Waals surface area (Å²) in [5, 5.41) is 0. The molecular formula is C24H13Br4NO6. The van der Waals surface area contributed by atoms with E-state index in [2.05, 4.69) is 63.7 Å². The molecular weight excluding hydrogens is 718 g/mol. The minimum absolute atomic E-state index is 0.0762. The highest BCUT2D eigenvalue weighted by Gasteiger charge is 2.41. The maximum absolute atomic E-state index is 12.9. The number of rotatable bonds is 7. The van der Waals surface area contributed by atoms with E-state index in [-0.39, 0.29) is 41.2 Å². The number of esters is 1. The average molecular weight is 731 g/mol. The molecule has 0 saturated carbocycles. The van der Waals surface area contributed by atoms with Gasteiger partial charge in [0.15, 0.2) is 5.78 Å². The number of halogens is 4. The number of hydrogen-bond acceptors (Lipinski definition) is 6. The Bertz CT molecular complexity index is 1350. The predicted molar refractivity (Wildman–Crippen MR) is 141 cm³/mol. The molecule has 0 fully saturated rings. The van der Waals surface area contributed by atoms with E-state index in [4.69, 9.17) is 9.15 Å². The summed E-state index contributed by atoms with van der Waals surface area (Å²) in [6.45, 7) is -0.187. The fourth-order valence-corrected chi connectivity index (χ4v) is 5.83. The van der Waals surface area contributed by atoms with Crippen molar-refractivity contribution in [1.29, 1.82) is 0 Å². The van der Waals surface area contributed by atoms with Crippen LogP contribution in [-0.4, -0.2) is 35.0 Å². The summed E-state index contributed by atoms with van der Waals surface area (Å²) in [6, 6.07) is 9.71. The highest BCUT2D eigenvalue weighted by Crippen LogP contribution is 2.45. The number of benzene rings is 2. The van der Waals surface area contributed by atoms with Crippen LogP contribution in [0.25, 0.3) is 6.08 Å². The van der Waals surface area contributed by atoms with Gasteiger partial charge in [-0.15, -0.1) is 0 Å². The van der Waals surface area contributed by atoms with E-state index in [1.54, 1.807) is 24.3 Å². The highest BCUT2D eigenvalue weighted by molar-refractivity contribution is 9.15. The monoisotopic (exact) mass is 727 g/mol. The van der Waals surface area contributed by atoms with Crippen LogP contribution >= 0.6 is 63.7 Å². The summed E-state index contributed by atoms with van der Waals surface area (Å²) in [5.74, 6) is -1.55. The number of carbonyl (C=O) groups excluding carboxylic acids is 4. The van der Waals surface area contributed by atoms with E-state index < -0.39 is 17.8 Å². The van der Waals surface area contributed by atoms with Crippen LogP contribution in [-0.2, 0) is 4.79 Å². The van der Waals surface area contributed by atoms with Crippen molar-refractivity contribution >= 4 is 93.4 Å². The lowest BCUT2D eigenvalue weighted by Crippen LogP contribution is -2.32. The average Bonchev–Trinajstić information content (AvgIpc) is 3.45. The molecule has 0 bridgehead atoms. The Morgan fingerprint density at radius 2 is 1.51 bits per heavy atom. The highest BCUT2D eigenvalue weighted by atomic mass is 79.9. The Labute approximate surface area is 233 Å². The third-order valence-corrected chi connectivity index (χ3v) is 9.81. The molecule has 178 valence electrons. The molecule has 0 N–H and O–H groups in total. The van der Waals surface area contributed by atoms with E-state index in [0.29, 0.717) is 23.7 Å². The Kier molecular flexibility index (Phi) is 7.89. The van der Waals surface area contributed by atoms with E-state index >= 15 is 0 Å². The number of ether oxygens (including phenoxy) is 1. The number of para-hydroxylation sites is 1. The summed E-state index contributed by atoms with van der Waals surface area (Å²) in [7, 11) is 0. The number of ketones is 1. The van der Waals surface area contributed by atoms with Crippen LogP contribution < -0.4 is 4.74 Å². The first kappa shape index (κ1) is 25.7. The van der Waals surface area contributed by atoms with E-state index in [9.17, 15) is 19.2 Å². The van der Waals surface area contributed by atoms with Gasteiger partial charge in [0.1, 0.15) is 11.5 Å². The second-order valence-corrected chi connectivity index (χ2v) is 10.4. The number of fused-ring (bicyclic) bond motifs is 1. The molecule has 0 saturated heterocycles. The molecule has 35 heavy (non-hydrogen) atoms. The van der Waals surface area contributed by atoms with Crippen molar-refractivity contribution in [1.82, 2.24) is 4.90 Å². The van der Waals surface area contributed by atoms with Gasteiger partial charge in [0.05, 0.1) is 29.4 Å². The molecule has 1 aliphatic heterocycles. The molecule has 0 unspecified atom stereocenters. The lowest BCUT2D eigenvalue weighted by molar-refractivity contribution is -0.134. The van der Waals surface area contributed by atoms with Crippen molar-refractivity contribution in [3.05, 3.63) is 89.1 Å². The molecule has 2 heterocycles. The van der Waals surface area contributed by atoms with Gasteiger partial charge >= 0.3 is 5.97 Å². The largest absolute Gasteiger partial charge is 0.465 e. The van der Waals surface area contributed by atoms with Gasteiger partial charge in [-0.1, -0.05) is 12.1 Å². The lowest BCUT2D eigenvalue weighted by Gasteiger charge is -2.14. The Hall–Kier alpha value is -2.34. The van der Waals surface area contributed by atoms with Crippen LogP contribution in [0.5, 0.6) is 5.75 Å². The summed E-state index contributed by atoms with van der Waals surface area (Å²) in [4.78, 5) is 52.0. The van der Waals surface area contributed by atoms with E-state index in [1.165, 1.54) is 30.5 Å². The topological polar surface area (TPSA) is 93.9 Å². The summed E-state index contributed by atoms with van der Waals surface area (Å²) in [5.41, 5.74) is 0.584. The van der Waals surface area contributed by atoms with E-state index in [0.717, 1.165) is 4.90 Å². The molecule has 3 aromatic rings. The van der Waals surface area contributed by atoms with Gasteiger partial charge in [-0.25, -0.2) is 0 Å². The summed E-state index contributed by atoms with van der Waals surface area (Å²) < 4.78 is 12.6. The summed E-state index contributed by atoms with van der Waals surface area (Å²) >= 11 is 13.4. The Morgan fingerprint density at radius 3 is 2.11 bits per heavy atom. The third kappa shape index (κ3) is 5.13. The second kappa shape index (κ2) is 10.7. The predicted octanol–water partition coefficient (Wildman–Crippen LogP) is 6.82. The molecule has 11 heteroatoms. The van der Waals surface area contributed by atoms with Crippen LogP contribution in [0.1, 0.15) is 43.3 Å². The fraction of sp³-hybridized carbons (Fsp3) is 0.0833. The molecule has 0 radical (unpaired) electrons. The van der Waals surface area contributed by atoms with Crippen molar-refractivity contribution < 1.29 is 28.3 Å². The van der Waals surface area contributed by atoms with Crippen molar-refractivity contribution in [2.45, 2.75) is 6.42 Å². The normalized spacial score (nSPS) is 13.0. The molecule has 4 rings (SSSR count). The smallest absolute Gasteiger partial charge is 0.313 e. The van der Waals surface area contributed by atoms with Crippen LogP contribution in [0.2, 0.25) is 0 Å². The molecule has 2 aromatic carbocycles. The van der Waals surface area contributed by atoms with Gasteiger partial charge in [0.2, 0.25) is 0 Å². The standard InChI is InChI=1S/C24H13Br4NO6/c25-19-17-18(20(26)22(28)21(19)27)24(33)29(23(17)32)10-9-16(31)35-15-6-2-1-5-13(15)14(30)8-7-12-4-3-11-34-12/h1-8,11H,9-10H2/b8-7+. The minimum Gasteiger partial charge on any atom is -0.465 e. The number of carbonyl (C=O) groups is 4. The van der Waals surface area contributed by atoms with Crippen LogP contribution in [0.3, 0.4) is 0 Å². The number of amides is 2. The van der Waals surface area contributed by atoms with Gasteiger partial charge in [0, 0.05) is 24.4 Å². The van der Waals surface area contributed by atoms with Gasteiger partial charge in [0.25, 0.3) is 11.8 Å². The van der Waals surface area contributed by atoms with Crippen LogP contribution in [0.4, 0.5) is 0 Å². The number of imide groups is 1. The Balaban J connectivity index is 1.46. The molecule has 1 aromatic heterocycles. The lowest BCUT2D eigenvalue weighted by atomic mass is 10.1. The zero-order valence-corrected chi connectivity index (χ0v) is 23.9. The molecule has 0 aliphatic carbocycles. The fourth-order valence-electron chi connectivity index (χ4n) is 3.37. The number of nitrogens with zero attached hydrogens (tertiary/aromatic N) is 1. The SMILES string of the molecule is O=C(CCN1C(=O)c2c(Br)c(Br)c(Br)c(Br)c2C1=O)Oc1ccccc1C(=O)/C=C/c1ccco1. The van der Waals surface area contributed by atoms with Gasteiger partial charge in [-0.3, -0.25) is 24.1 Å². The maximum atomic E-state index is 12.9. The van der Waals surface area contributed by atoms with Crippen molar-refractivity contribution in [2.24, 2.45) is 0 Å². The second-order valence-electron chi connectivity index (χ2n) is 7.20. The quantitative estimate of drug-likeness (QED) is 0.0504. The zero-order chi connectivity index (χ0) is 25.3. The van der Waals surface area contributed by atoms with Gasteiger partial charge in [-0.2, -0.15) is 0 Å². The van der Waals surface area contributed by atoms with Crippen molar-refractivity contribution in [3.8, 4) is 5.75 Å². The first-order valence-corrected chi connectivity index (χ1v) is 13.2. The number of furan rings is 1. The maximum Gasteiger partial charge on any atom is 0.313 e. The number of allylic oxidation sites excluding steroid dienone is 1. The molecule has 0 atom stereocenters. The van der Waals surface area contributed by atoms with Crippen molar-refractivity contribution in [2.75, 3.05) is 6.54 Å². The zero-order valence-electron chi connectivity index (χ0n) is 17.5. The van der Waals surface area contributed by atoms with Gasteiger partial charge in [-0.05, 0) is 100 Å². The first-order valence-electron chi connectivity index (χ1n) is 9.98. The van der Waals surface area contributed by atoms with Crippen molar-refractivity contribution in [3.63, 3.8) is 0 Å². The van der Waals surface area contributed by atoms with Crippen LogP contribution in [0, 0.1) is 0 Å². The van der Waals surface area contributed by atoms with Gasteiger partial charge < -0.3 is 9.15 Å². The molecule has 2 amide bonds. The van der Waals surface area contributed by atoms with E-state index in [1.807, 2.05) is 0 Å². The molecule has 1 aliphatic rings. The molecule has 0 spiro atoms.